The van der Waals surface area contributed by atoms with Gasteiger partial charge in [-0.3, -0.25) is 4.55 Å². The third-order valence-electron chi connectivity index (χ3n) is 4.37. The molecule has 1 aromatic carbocycles. The lowest BCUT2D eigenvalue weighted by molar-refractivity contribution is 0.493. The SMILES string of the molecule is CCN(CC)c1ccc2cc(C=CC3=CC=C(S(=O)(=O)O)C=[N+]3)c(=O)oc2c1. The van der Waals surface area contributed by atoms with Crippen molar-refractivity contribution in [1.82, 2.24) is 4.99 Å². The summed E-state index contributed by atoms with van der Waals surface area (Å²) in [4.78, 5) is 18.1. The largest absolute Gasteiger partial charge is 0.422 e. The van der Waals surface area contributed by atoms with Crippen molar-refractivity contribution < 1.29 is 17.4 Å². The number of benzene rings is 1. The molecule has 0 saturated heterocycles. The second-order valence-corrected chi connectivity index (χ2v) is 7.53. The minimum Gasteiger partial charge on any atom is -0.422 e. The first-order valence-corrected chi connectivity index (χ1v) is 10.2. The monoisotopic (exact) mass is 400 g/mol. The van der Waals surface area contributed by atoms with Crippen molar-refractivity contribution in [3.63, 3.8) is 0 Å². The van der Waals surface area contributed by atoms with E-state index in [0.29, 0.717) is 16.8 Å². The van der Waals surface area contributed by atoms with Crippen LogP contribution in [0.5, 0.6) is 0 Å². The van der Waals surface area contributed by atoms with Crippen LogP contribution in [0.2, 0.25) is 0 Å². The van der Waals surface area contributed by atoms with Gasteiger partial charge in [0.15, 0.2) is 4.91 Å². The highest BCUT2D eigenvalue weighted by molar-refractivity contribution is 7.90. The minimum atomic E-state index is -4.29. The molecular weight excluding hydrogens is 380 g/mol. The Morgan fingerprint density at radius 3 is 2.50 bits per heavy atom. The smallest absolute Gasteiger partial charge is 0.343 e. The lowest BCUT2D eigenvalue weighted by Crippen LogP contribution is -2.21. The Morgan fingerprint density at radius 1 is 1.14 bits per heavy atom. The number of hydrogen-bond donors (Lipinski definition) is 1. The van der Waals surface area contributed by atoms with E-state index in [-0.39, 0.29) is 4.91 Å². The van der Waals surface area contributed by atoms with Crippen molar-refractivity contribution >= 4 is 39.1 Å². The van der Waals surface area contributed by atoms with E-state index >= 15 is 0 Å². The summed E-state index contributed by atoms with van der Waals surface area (Å²) in [5.74, 6) is 0. The molecule has 1 N–H and O–H groups in total. The summed E-state index contributed by atoms with van der Waals surface area (Å²) in [6.07, 6.45) is 6.83. The van der Waals surface area contributed by atoms with E-state index in [0.717, 1.165) is 30.4 Å². The Morgan fingerprint density at radius 2 is 1.89 bits per heavy atom. The molecule has 28 heavy (non-hydrogen) atoms. The van der Waals surface area contributed by atoms with Crippen LogP contribution in [-0.4, -0.2) is 32.3 Å². The minimum absolute atomic E-state index is 0.293. The maximum absolute atomic E-state index is 12.3. The first-order valence-electron chi connectivity index (χ1n) is 8.76. The fourth-order valence-corrected chi connectivity index (χ4v) is 3.26. The van der Waals surface area contributed by atoms with E-state index in [4.69, 9.17) is 8.97 Å². The lowest BCUT2D eigenvalue weighted by atomic mass is 10.1. The van der Waals surface area contributed by atoms with Gasteiger partial charge < -0.3 is 9.32 Å². The number of rotatable bonds is 6. The number of fused-ring (bicyclic) bond motifs is 1. The molecule has 0 unspecified atom stereocenters. The summed E-state index contributed by atoms with van der Waals surface area (Å²) in [5, 5.41) is 0.796. The van der Waals surface area contributed by atoms with Gasteiger partial charge >= 0.3 is 15.7 Å². The van der Waals surface area contributed by atoms with Gasteiger partial charge in [0.25, 0.3) is 11.9 Å². The van der Waals surface area contributed by atoms with Crippen LogP contribution in [0.15, 0.2) is 62.3 Å². The summed E-state index contributed by atoms with van der Waals surface area (Å²) in [6, 6.07) is 7.48. The van der Waals surface area contributed by atoms with Gasteiger partial charge in [-0.2, -0.15) is 8.42 Å². The topological polar surface area (TPSA) is 102 Å². The summed E-state index contributed by atoms with van der Waals surface area (Å²) in [5.41, 5.74) is 1.82. The summed E-state index contributed by atoms with van der Waals surface area (Å²) < 4.78 is 36.5. The van der Waals surface area contributed by atoms with E-state index in [1.165, 1.54) is 12.2 Å². The molecule has 0 amide bonds. The molecule has 2 heterocycles. The molecule has 0 atom stereocenters. The van der Waals surface area contributed by atoms with Gasteiger partial charge in [0.1, 0.15) is 5.58 Å². The van der Waals surface area contributed by atoms with Crippen molar-refractivity contribution in [3.8, 4) is 0 Å². The van der Waals surface area contributed by atoms with Gasteiger partial charge in [0, 0.05) is 42.4 Å². The van der Waals surface area contributed by atoms with Crippen molar-refractivity contribution in [2.45, 2.75) is 13.8 Å². The van der Waals surface area contributed by atoms with E-state index in [9.17, 15) is 13.2 Å². The molecule has 0 fully saturated rings. The van der Waals surface area contributed by atoms with E-state index < -0.39 is 15.7 Å². The molecule has 0 aliphatic carbocycles. The van der Waals surface area contributed by atoms with Gasteiger partial charge in [-0.15, -0.1) is 0 Å². The van der Waals surface area contributed by atoms with Gasteiger partial charge in [-0.25, -0.2) is 4.79 Å². The van der Waals surface area contributed by atoms with Crippen LogP contribution in [0.4, 0.5) is 5.69 Å². The van der Waals surface area contributed by atoms with Crippen LogP contribution >= 0.6 is 0 Å². The van der Waals surface area contributed by atoms with Crippen molar-refractivity contribution in [1.29, 1.82) is 0 Å². The molecule has 1 radical (unpaired) electrons. The summed E-state index contributed by atoms with van der Waals surface area (Å²) >= 11 is 0. The maximum Gasteiger partial charge on any atom is 0.343 e. The molecule has 0 spiro atoms. The molecule has 7 nitrogen and oxygen atoms in total. The second kappa shape index (κ2) is 7.95. The van der Waals surface area contributed by atoms with Gasteiger partial charge in [-0.1, -0.05) is 0 Å². The highest BCUT2D eigenvalue weighted by Gasteiger charge is 2.20. The highest BCUT2D eigenvalue weighted by atomic mass is 32.2. The van der Waals surface area contributed by atoms with Crippen LogP contribution in [0.3, 0.4) is 0 Å². The number of aliphatic imine (C=N–C) groups is 1. The standard InChI is InChI=1S/C20H20N2O5S/c1-3-22(4-2)17-9-6-14-11-15(20(23)27-19(14)12-17)5-7-16-8-10-18(13-21-16)28(24,25)26/h5-13H,3-4H2,1-2H3,(H,24,25,26)/q+1. The third kappa shape index (κ3) is 4.29. The quantitative estimate of drug-likeness (QED) is 0.591. The molecule has 3 rings (SSSR count). The predicted molar refractivity (Wildman–Crippen MR) is 111 cm³/mol. The van der Waals surface area contributed by atoms with Crippen molar-refractivity contribution in [2.75, 3.05) is 18.0 Å². The zero-order valence-corrected chi connectivity index (χ0v) is 16.3. The van der Waals surface area contributed by atoms with Crippen LogP contribution in [0.25, 0.3) is 17.0 Å². The van der Waals surface area contributed by atoms with Crippen LogP contribution in [0.1, 0.15) is 19.4 Å². The number of nitrogens with zero attached hydrogens (tertiary/aromatic N) is 2. The lowest BCUT2D eigenvalue weighted by Gasteiger charge is -2.20. The fourth-order valence-electron chi connectivity index (χ4n) is 2.84. The van der Waals surface area contributed by atoms with Gasteiger partial charge in [0.05, 0.1) is 10.6 Å². The second-order valence-electron chi connectivity index (χ2n) is 6.11. The van der Waals surface area contributed by atoms with E-state index in [1.54, 1.807) is 18.2 Å². The number of allylic oxidation sites excluding steroid dienone is 4. The third-order valence-corrected chi connectivity index (χ3v) is 5.20. The molecule has 0 saturated carbocycles. The predicted octanol–water partition coefficient (Wildman–Crippen LogP) is 2.73. The highest BCUT2D eigenvalue weighted by Crippen LogP contribution is 2.22. The van der Waals surface area contributed by atoms with Gasteiger partial charge in [0.2, 0.25) is 0 Å². The Labute approximate surface area is 162 Å². The average molecular weight is 400 g/mol. The Bertz CT molecular complexity index is 1180. The van der Waals surface area contributed by atoms with Crippen LogP contribution < -0.4 is 15.5 Å². The van der Waals surface area contributed by atoms with Crippen molar-refractivity contribution in [2.24, 2.45) is 0 Å². The van der Waals surface area contributed by atoms with Gasteiger partial charge in [-0.05, 0) is 44.2 Å². The normalized spacial score (nSPS) is 14.4. The number of anilines is 1. The zero-order chi connectivity index (χ0) is 20.3. The Hall–Kier alpha value is -2.97. The molecular formula is C20H20N2O5S+. The average Bonchev–Trinajstić information content (AvgIpc) is 2.67. The zero-order valence-electron chi connectivity index (χ0n) is 15.5. The molecule has 2 aromatic rings. The van der Waals surface area contributed by atoms with Crippen molar-refractivity contribution in [3.05, 3.63) is 69.1 Å². The molecule has 0 bridgehead atoms. The molecule has 145 valence electrons. The number of hydrogen-bond acceptors (Lipinski definition) is 6. The molecule has 8 heteroatoms. The summed E-state index contributed by atoms with van der Waals surface area (Å²) in [7, 11) is -4.29. The van der Waals surface area contributed by atoms with Crippen LogP contribution in [0, 0.1) is 0 Å². The van der Waals surface area contributed by atoms with E-state index in [1.807, 2.05) is 18.2 Å². The molecule has 1 aromatic heterocycles. The van der Waals surface area contributed by atoms with Crippen LogP contribution in [-0.2, 0) is 10.1 Å². The van der Waals surface area contributed by atoms with E-state index in [2.05, 4.69) is 23.7 Å². The first kappa shape index (κ1) is 19.8. The maximum atomic E-state index is 12.3. The summed E-state index contributed by atoms with van der Waals surface area (Å²) in [6.45, 7) is 5.84. The Kier molecular flexibility index (Phi) is 5.62. The Balaban J connectivity index is 1.90. The molecule has 1 aliphatic heterocycles. The molecule has 1 aliphatic rings. The fraction of sp³-hybridized carbons (Fsp3) is 0.200. The first-order chi connectivity index (χ1) is 13.3.